The second-order valence-electron chi connectivity index (χ2n) is 2.32. The van der Waals surface area contributed by atoms with Crippen LogP contribution < -0.4 is 41.0 Å². The van der Waals surface area contributed by atoms with E-state index in [9.17, 15) is 13.0 Å². The number of nitrogens with two attached hydrogens (primary N) is 2. The van der Waals surface area contributed by atoms with Crippen molar-refractivity contribution < 1.29 is 57.2 Å². The largest absolute Gasteiger partial charge is 1.00 e. The Morgan fingerprint density at radius 2 is 1.56 bits per heavy atom. The molecule has 10 heteroatoms. The van der Waals surface area contributed by atoms with E-state index >= 15 is 0 Å². The average Bonchev–Trinajstić information content (AvgIpc) is 2.19. The van der Waals surface area contributed by atoms with E-state index in [0.29, 0.717) is 0 Å². The monoisotopic (exact) mass is 286 g/mol. The summed E-state index contributed by atoms with van der Waals surface area (Å²) in [6.07, 6.45) is 0. The molecule has 0 atom stereocenters. The van der Waals surface area contributed by atoms with E-state index in [2.05, 4.69) is 11.5 Å². The SMILES string of the molecule is C=O.NC(N)=O.O=S(=O)([O-])c1ccccc1O.[Na+]. The van der Waals surface area contributed by atoms with E-state index in [0.717, 1.165) is 12.1 Å². The number of phenolic OH excluding ortho intramolecular Hbond substituents is 1. The van der Waals surface area contributed by atoms with E-state index in [1.54, 1.807) is 0 Å². The number of hydrogen-bond donors (Lipinski definition) is 3. The Bertz CT molecular complexity index is 460. The number of rotatable bonds is 1. The Morgan fingerprint density at radius 3 is 1.78 bits per heavy atom. The zero-order chi connectivity index (χ0) is 14.1. The van der Waals surface area contributed by atoms with Gasteiger partial charge in [-0.25, -0.2) is 13.2 Å². The molecule has 0 aliphatic carbocycles. The van der Waals surface area contributed by atoms with Gasteiger partial charge in [0.05, 0.1) is 4.90 Å². The second-order valence-corrected chi connectivity index (χ2v) is 3.67. The third-order valence-corrected chi connectivity index (χ3v) is 2.02. The zero-order valence-electron chi connectivity index (χ0n) is 9.57. The predicted molar refractivity (Wildman–Crippen MR) is 57.0 cm³/mol. The number of amides is 2. The third-order valence-electron chi connectivity index (χ3n) is 1.13. The number of aromatic hydroxyl groups is 1. The van der Waals surface area contributed by atoms with Gasteiger partial charge in [0.2, 0.25) is 0 Å². The van der Waals surface area contributed by atoms with Crippen LogP contribution in [0.3, 0.4) is 0 Å². The van der Waals surface area contributed by atoms with Crippen LogP contribution in [0.1, 0.15) is 0 Å². The first kappa shape index (κ1) is 22.1. The van der Waals surface area contributed by atoms with Crippen molar-refractivity contribution in [2.45, 2.75) is 4.90 Å². The van der Waals surface area contributed by atoms with E-state index < -0.39 is 26.8 Å². The van der Waals surface area contributed by atoms with Gasteiger partial charge in [0.25, 0.3) is 0 Å². The fourth-order valence-electron chi connectivity index (χ4n) is 0.669. The van der Waals surface area contributed by atoms with Crippen LogP contribution in [0.2, 0.25) is 0 Å². The Labute approximate surface area is 126 Å². The maximum absolute atomic E-state index is 10.3. The maximum atomic E-state index is 10.3. The quantitative estimate of drug-likeness (QED) is 0.353. The van der Waals surface area contributed by atoms with Crippen LogP contribution in [0.15, 0.2) is 29.2 Å². The predicted octanol–water partition coefficient (Wildman–Crippen LogP) is -3.86. The number of phenols is 1. The fourth-order valence-corrected chi connectivity index (χ4v) is 1.24. The summed E-state index contributed by atoms with van der Waals surface area (Å²) in [5.41, 5.74) is 8.50. The number of primary amides is 2. The molecule has 2 amide bonds. The number of urea groups is 1. The first-order valence-electron chi connectivity index (χ1n) is 3.83. The molecule has 5 N–H and O–H groups in total. The van der Waals surface area contributed by atoms with Gasteiger partial charge in [-0.15, -0.1) is 0 Å². The standard InChI is InChI=1S/C6H6O4S.CH4N2O.CH2O.Na/c7-5-3-1-2-4-6(5)11(8,9)10;2-1(3)4;1-2;/h1-4,7H,(H,8,9,10);(H4,2,3,4);1H2;/q;;;+1/p-1. The van der Waals surface area contributed by atoms with Crippen LogP contribution in [0, 0.1) is 0 Å². The molecular formula is C8H11N2NaO6S. The number of carbonyl (C=O) groups is 2. The van der Waals surface area contributed by atoms with Crippen LogP contribution in [0.25, 0.3) is 0 Å². The second kappa shape index (κ2) is 11.0. The minimum Gasteiger partial charge on any atom is -0.744 e. The molecule has 0 saturated carbocycles. The Morgan fingerprint density at radius 1 is 1.22 bits per heavy atom. The molecule has 0 aliphatic rings. The summed E-state index contributed by atoms with van der Waals surface area (Å²) in [6, 6.07) is 4.16. The summed E-state index contributed by atoms with van der Waals surface area (Å²) in [5.74, 6) is -0.512. The molecule has 1 aromatic carbocycles. The molecule has 18 heavy (non-hydrogen) atoms. The molecule has 0 radical (unpaired) electrons. The van der Waals surface area contributed by atoms with Gasteiger partial charge >= 0.3 is 35.6 Å². The maximum Gasteiger partial charge on any atom is 1.00 e. The Hall–Kier alpha value is -1.13. The summed E-state index contributed by atoms with van der Waals surface area (Å²) in [7, 11) is -4.53. The molecule has 8 nitrogen and oxygen atoms in total. The number of benzene rings is 1. The van der Waals surface area contributed by atoms with Crippen LogP contribution in [0.5, 0.6) is 5.75 Å². The summed E-state index contributed by atoms with van der Waals surface area (Å²) in [4.78, 5) is 16.4. The first-order valence-corrected chi connectivity index (χ1v) is 5.23. The molecule has 0 spiro atoms. The van der Waals surface area contributed by atoms with Gasteiger partial charge < -0.3 is 25.9 Å². The van der Waals surface area contributed by atoms with Gasteiger partial charge in [-0.05, 0) is 12.1 Å². The normalized spacial score (nSPS) is 8.50. The van der Waals surface area contributed by atoms with Crippen molar-refractivity contribution in [3.05, 3.63) is 24.3 Å². The molecule has 1 rings (SSSR count). The van der Waals surface area contributed by atoms with Crippen molar-refractivity contribution >= 4 is 22.9 Å². The van der Waals surface area contributed by atoms with Gasteiger partial charge in [-0.3, -0.25) is 0 Å². The van der Waals surface area contributed by atoms with Crippen LogP contribution in [0.4, 0.5) is 4.79 Å². The molecule has 0 fully saturated rings. The Balaban J connectivity index is -0.000000277. The van der Waals surface area contributed by atoms with E-state index in [1.165, 1.54) is 12.1 Å². The van der Waals surface area contributed by atoms with Crippen molar-refractivity contribution in [2.75, 3.05) is 0 Å². The molecule has 0 aliphatic heterocycles. The summed E-state index contributed by atoms with van der Waals surface area (Å²) >= 11 is 0. The topological polar surface area (TPSA) is 164 Å². The number of hydrogen-bond acceptors (Lipinski definition) is 6. The van der Waals surface area contributed by atoms with Crippen LogP contribution in [-0.4, -0.2) is 30.9 Å². The van der Waals surface area contributed by atoms with E-state index in [4.69, 9.17) is 14.7 Å². The minimum absolute atomic E-state index is 0. The van der Waals surface area contributed by atoms with Crippen LogP contribution >= 0.6 is 0 Å². The number of para-hydroxylation sites is 1. The Kier molecular flexibility index (Phi) is 13.5. The van der Waals surface area contributed by atoms with Gasteiger partial charge in [0.15, 0.2) is 0 Å². The van der Waals surface area contributed by atoms with Crippen LogP contribution in [-0.2, 0) is 14.9 Å². The van der Waals surface area contributed by atoms with Crippen molar-refractivity contribution in [1.29, 1.82) is 0 Å². The zero-order valence-corrected chi connectivity index (χ0v) is 12.4. The van der Waals surface area contributed by atoms with E-state index in [-0.39, 0.29) is 29.6 Å². The summed E-state index contributed by atoms with van der Waals surface area (Å²) in [5, 5.41) is 8.87. The molecule has 1 aromatic rings. The van der Waals surface area contributed by atoms with Crippen molar-refractivity contribution in [2.24, 2.45) is 11.5 Å². The van der Waals surface area contributed by atoms with Crippen molar-refractivity contribution in [3.8, 4) is 5.75 Å². The summed E-state index contributed by atoms with van der Waals surface area (Å²) < 4.78 is 31.0. The molecule has 96 valence electrons. The van der Waals surface area contributed by atoms with Crippen molar-refractivity contribution in [3.63, 3.8) is 0 Å². The molecule has 0 heterocycles. The molecule has 0 unspecified atom stereocenters. The fraction of sp³-hybridized carbons (Fsp3) is 0. The average molecular weight is 286 g/mol. The van der Waals surface area contributed by atoms with Crippen molar-refractivity contribution in [1.82, 2.24) is 0 Å². The minimum atomic E-state index is -4.53. The van der Waals surface area contributed by atoms with Gasteiger partial charge in [-0.2, -0.15) is 0 Å². The first-order chi connectivity index (χ1) is 7.75. The van der Waals surface area contributed by atoms with Gasteiger partial charge in [0.1, 0.15) is 22.7 Å². The molecule has 0 saturated heterocycles. The molecule has 0 aromatic heterocycles. The number of carbonyl (C=O) groups excluding carboxylic acids is 2. The third kappa shape index (κ3) is 11.4. The molecular weight excluding hydrogens is 275 g/mol. The van der Waals surface area contributed by atoms with Gasteiger partial charge in [0, 0.05) is 0 Å². The summed E-state index contributed by atoms with van der Waals surface area (Å²) in [6.45, 7) is 2.00. The smallest absolute Gasteiger partial charge is 0.744 e. The molecule has 0 bridgehead atoms. The van der Waals surface area contributed by atoms with E-state index in [1.807, 2.05) is 6.79 Å². The van der Waals surface area contributed by atoms with Gasteiger partial charge in [-0.1, -0.05) is 12.1 Å².